The number of methoxy groups -OCH3 is 2. The SMILES string of the molecule is COC(=O)C#Cc1ccc(C(=O)OC)cn1. The zero-order valence-corrected chi connectivity index (χ0v) is 8.81. The van der Waals surface area contributed by atoms with E-state index in [4.69, 9.17) is 0 Å². The molecule has 0 aliphatic heterocycles. The van der Waals surface area contributed by atoms with Gasteiger partial charge in [-0.1, -0.05) is 0 Å². The van der Waals surface area contributed by atoms with Crippen LogP contribution in [0.3, 0.4) is 0 Å². The van der Waals surface area contributed by atoms with Gasteiger partial charge in [0.25, 0.3) is 0 Å². The molecule has 1 aromatic rings. The molecule has 0 unspecified atom stereocenters. The lowest BCUT2D eigenvalue weighted by Gasteiger charge is -1.97. The summed E-state index contributed by atoms with van der Waals surface area (Å²) in [4.78, 5) is 25.6. The van der Waals surface area contributed by atoms with Crippen LogP contribution in [0, 0.1) is 11.8 Å². The number of rotatable bonds is 1. The Morgan fingerprint density at radius 2 is 2.00 bits per heavy atom. The highest BCUT2D eigenvalue weighted by Gasteiger charge is 2.04. The minimum atomic E-state index is -0.640. The molecule has 5 nitrogen and oxygen atoms in total. The second kappa shape index (κ2) is 5.51. The molecule has 0 aliphatic carbocycles. The van der Waals surface area contributed by atoms with Crippen molar-refractivity contribution in [3.05, 3.63) is 29.6 Å². The monoisotopic (exact) mass is 219 g/mol. The fraction of sp³-hybridized carbons (Fsp3) is 0.182. The number of carbonyl (C=O) groups excluding carboxylic acids is 2. The minimum absolute atomic E-state index is 0.325. The molecule has 0 bridgehead atoms. The summed E-state index contributed by atoms with van der Waals surface area (Å²) in [5, 5.41) is 0. The molecule has 1 aromatic heterocycles. The van der Waals surface area contributed by atoms with Gasteiger partial charge in [-0.3, -0.25) is 0 Å². The predicted octanol–water partition coefficient (Wildman–Crippen LogP) is 0.393. The zero-order chi connectivity index (χ0) is 12.0. The number of hydrogen-bond acceptors (Lipinski definition) is 5. The summed E-state index contributed by atoms with van der Waals surface area (Å²) < 4.78 is 8.84. The van der Waals surface area contributed by atoms with Gasteiger partial charge >= 0.3 is 11.9 Å². The topological polar surface area (TPSA) is 65.5 Å². The van der Waals surface area contributed by atoms with Crippen LogP contribution in [0.25, 0.3) is 0 Å². The lowest BCUT2D eigenvalue weighted by molar-refractivity contribution is -0.133. The molecule has 0 amide bonds. The van der Waals surface area contributed by atoms with Crippen molar-refractivity contribution >= 4 is 11.9 Å². The highest BCUT2D eigenvalue weighted by atomic mass is 16.5. The quantitative estimate of drug-likeness (QED) is 0.505. The largest absolute Gasteiger partial charge is 0.465 e. The number of esters is 2. The van der Waals surface area contributed by atoms with Crippen LogP contribution in [-0.4, -0.2) is 31.1 Å². The maximum absolute atomic E-state index is 11.1. The van der Waals surface area contributed by atoms with Gasteiger partial charge in [0.15, 0.2) is 0 Å². The number of hydrogen-bond donors (Lipinski definition) is 0. The van der Waals surface area contributed by atoms with E-state index >= 15 is 0 Å². The molecule has 0 saturated heterocycles. The third-order valence-electron chi connectivity index (χ3n) is 1.66. The summed E-state index contributed by atoms with van der Waals surface area (Å²) in [5.41, 5.74) is 0.698. The average Bonchev–Trinajstić information content (AvgIpc) is 2.35. The highest BCUT2D eigenvalue weighted by Crippen LogP contribution is 2.00. The molecule has 1 heterocycles. The maximum Gasteiger partial charge on any atom is 0.384 e. The van der Waals surface area contributed by atoms with Crippen LogP contribution in [0.5, 0.6) is 0 Å². The number of ether oxygens (including phenoxy) is 2. The van der Waals surface area contributed by atoms with E-state index in [0.717, 1.165) is 0 Å². The number of carbonyl (C=O) groups is 2. The molecule has 0 spiro atoms. The van der Waals surface area contributed by atoms with E-state index in [0.29, 0.717) is 11.3 Å². The van der Waals surface area contributed by atoms with E-state index in [1.165, 1.54) is 32.5 Å². The van der Waals surface area contributed by atoms with Crippen molar-refractivity contribution in [3.8, 4) is 11.8 Å². The first-order valence-corrected chi connectivity index (χ1v) is 4.31. The van der Waals surface area contributed by atoms with Gasteiger partial charge in [0.1, 0.15) is 5.69 Å². The second-order valence-electron chi connectivity index (χ2n) is 2.67. The molecule has 1 rings (SSSR count). The molecule has 0 aromatic carbocycles. The minimum Gasteiger partial charge on any atom is -0.465 e. The lowest BCUT2D eigenvalue weighted by Crippen LogP contribution is -2.01. The van der Waals surface area contributed by atoms with E-state index in [-0.39, 0.29) is 0 Å². The summed E-state index contributed by atoms with van der Waals surface area (Å²) in [6.45, 7) is 0. The van der Waals surface area contributed by atoms with E-state index in [1.54, 1.807) is 0 Å². The van der Waals surface area contributed by atoms with Crippen LogP contribution < -0.4 is 0 Å². The molecule has 16 heavy (non-hydrogen) atoms. The molecule has 0 fully saturated rings. The zero-order valence-electron chi connectivity index (χ0n) is 8.81. The maximum atomic E-state index is 11.1. The Labute approximate surface area is 92.4 Å². The first kappa shape index (κ1) is 11.7. The Hall–Kier alpha value is -2.35. The summed E-state index contributed by atoms with van der Waals surface area (Å²) in [7, 11) is 2.53. The number of aromatic nitrogens is 1. The molecular weight excluding hydrogens is 210 g/mol. The first-order valence-electron chi connectivity index (χ1n) is 4.31. The van der Waals surface area contributed by atoms with Crippen molar-refractivity contribution in [2.24, 2.45) is 0 Å². The molecule has 5 heteroatoms. The van der Waals surface area contributed by atoms with Crippen LogP contribution in [0.2, 0.25) is 0 Å². The summed E-state index contributed by atoms with van der Waals surface area (Å²) in [6, 6.07) is 3.03. The third-order valence-corrected chi connectivity index (χ3v) is 1.66. The van der Waals surface area contributed by atoms with Gasteiger partial charge in [0.05, 0.1) is 19.8 Å². The van der Waals surface area contributed by atoms with E-state index in [2.05, 4.69) is 26.3 Å². The van der Waals surface area contributed by atoms with Gasteiger partial charge in [-0.15, -0.1) is 0 Å². The van der Waals surface area contributed by atoms with Gasteiger partial charge in [-0.2, -0.15) is 0 Å². The van der Waals surface area contributed by atoms with Crippen molar-refractivity contribution in [2.45, 2.75) is 0 Å². The van der Waals surface area contributed by atoms with Gasteiger partial charge in [0.2, 0.25) is 0 Å². The standard InChI is InChI=1S/C11H9NO4/c1-15-10(13)6-5-9-4-3-8(7-12-9)11(14)16-2/h3-4,7H,1-2H3. The smallest absolute Gasteiger partial charge is 0.384 e. The van der Waals surface area contributed by atoms with Crippen LogP contribution in [0.15, 0.2) is 18.3 Å². The second-order valence-corrected chi connectivity index (χ2v) is 2.67. The van der Waals surface area contributed by atoms with Gasteiger partial charge in [-0.05, 0) is 18.1 Å². The predicted molar refractivity (Wildman–Crippen MR) is 54.5 cm³/mol. The highest BCUT2D eigenvalue weighted by molar-refractivity contribution is 5.89. The van der Waals surface area contributed by atoms with Crippen LogP contribution in [-0.2, 0) is 14.3 Å². The molecule has 0 aliphatic rings. The van der Waals surface area contributed by atoms with Crippen molar-refractivity contribution in [1.29, 1.82) is 0 Å². The third kappa shape index (κ3) is 3.10. The molecular formula is C11H9NO4. The van der Waals surface area contributed by atoms with Crippen molar-refractivity contribution in [3.63, 3.8) is 0 Å². The Balaban J connectivity index is 2.82. The van der Waals surface area contributed by atoms with E-state index in [1.807, 2.05) is 0 Å². The molecule has 0 N–H and O–H groups in total. The number of pyridine rings is 1. The van der Waals surface area contributed by atoms with Gasteiger partial charge in [-0.25, -0.2) is 14.6 Å². The first-order chi connectivity index (χ1) is 7.67. The fourth-order valence-corrected chi connectivity index (χ4v) is 0.873. The average molecular weight is 219 g/mol. The van der Waals surface area contributed by atoms with E-state index in [9.17, 15) is 9.59 Å². The van der Waals surface area contributed by atoms with E-state index < -0.39 is 11.9 Å². The Kier molecular flexibility index (Phi) is 4.04. The Morgan fingerprint density at radius 1 is 1.25 bits per heavy atom. The van der Waals surface area contributed by atoms with Crippen molar-refractivity contribution in [1.82, 2.24) is 4.98 Å². The van der Waals surface area contributed by atoms with Gasteiger partial charge in [0, 0.05) is 12.1 Å². The lowest BCUT2D eigenvalue weighted by atomic mass is 10.2. The normalized spacial score (nSPS) is 8.62. The fourth-order valence-electron chi connectivity index (χ4n) is 0.873. The summed E-state index contributed by atoms with van der Waals surface area (Å²) in [6.07, 6.45) is 1.33. The molecule has 0 atom stereocenters. The van der Waals surface area contributed by atoms with Crippen LogP contribution in [0.4, 0.5) is 0 Å². The number of nitrogens with zero attached hydrogens (tertiary/aromatic N) is 1. The van der Waals surface area contributed by atoms with Crippen molar-refractivity contribution in [2.75, 3.05) is 14.2 Å². The molecule has 82 valence electrons. The van der Waals surface area contributed by atoms with Gasteiger partial charge < -0.3 is 9.47 Å². The van der Waals surface area contributed by atoms with Crippen LogP contribution >= 0.6 is 0 Å². The summed E-state index contributed by atoms with van der Waals surface area (Å²) >= 11 is 0. The van der Waals surface area contributed by atoms with Crippen LogP contribution in [0.1, 0.15) is 16.1 Å². The van der Waals surface area contributed by atoms with Crippen molar-refractivity contribution < 1.29 is 19.1 Å². The Morgan fingerprint density at radius 3 is 2.50 bits per heavy atom. The molecule has 0 saturated carbocycles. The summed E-state index contributed by atoms with van der Waals surface area (Å²) in [5.74, 6) is 3.60. The Bertz CT molecular complexity index is 453. The molecule has 0 radical (unpaired) electrons.